The van der Waals surface area contributed by atoms with Gasteiger partial charge in [0, 0.05) is 24.4 Å². The molecule has 1 heterocycles. The van der Waals surface area contributed by atoms with Crippen molar-refractivity contribution < 1.29 is 19.6 Å². The first-order valence-corrected chi connectivity index (χ1v) is 8.75. The molecule has 1 aliphatic rings. The largest absolute Gasteiger partial charge is 0.350 e. The van der Waals surface area contributed by atoms with E-state index in [4.69, 9.17) is 5.21 Å². The molecule has 0 aromatic carbocycles. The molecule has 7 heteroatoms. The van der Waals surface area contributed by atoms with E-state index in [0.717, 1.165) is 19.3 Å². The number of hydrogen-bond acceptors (Lipinski definition) is 4. The third kappa shape index (κ3) is 6.11. The highest BCUT2D eigenvalue weighted by Crippen LogP contribution is 2.24. The van der Waals surface area contributed by atoms with Gasteiger partial charge in [-0.05, 0) is 40.0 Å². The minimum Gasteiger partial charge on any atom is -0.350 e. The van der Waals surface area contributed by atoms with Crippen LogP contribution in [0.15, 0.2) is 0 Å². The fraction of sp³-hybridized carbons (Fsp3) is 0.824. The summed E-state index contributed by atoms with van der Waals surface area (Å²) in [5, 5.41) is 11.7. The van der Waals surface area contributed by atoms with E-state index in [1.54, 1.807) is 10.4 Å². The van der Waals surface area contributed by atoms with Crippen molar-refractivity contribution in [3.05, 3.63) is 0 Å². The molecule has 138 valence electrons. The van der Waals surface area contributed by atoms with Gasteiger partial charge in [-0.1, -0.05) is 19.8 Å². The van der Waals surface area contributed by atoms with Crippen LogP contribution < -0.4 is 10.8 Å². The fourth-order valence-corrected chi connectivity index (χ4v) is 3.02. The van der Waals surface area contributed by atoms with Gasteiger partial charge >= 0.3 is 0 Å². The standard InChI is InChI=1S/C17H31N3O4/c1-5-6-8-12(11-14(21)19-24)16(23)20-10-7-9-13(20)15(22)18-17(2,3)4/h12-13,24H,5-11H2,1-4H3,(H,18,22)(H,19,21)/t12-,13+/m1/s1. The predicted octanol–water partition coefficient (Wildman–Crippen LogP) is 1.59. The maximum absolute atomic E-state index is 12.9. The molecule has 2 atom stereocenters. The van der Waals surface area contributed by atoms with Crippen LogP contribution in [0.25, 0.3) is 0 Å². The molecule has 3 N–H and O–H groups in total. The van der Waals surface area contributed by atoms with Gasteiger partial charge in [0.1, 0.15) is 6.04 Å². The molecule has 0 aliphatic carbocycles. The summed E-state index contributed by atoms with van der Waals surface area (Å²) >= 11 is 0. The lowest BCUT2D eigenvalue weighted by Crippen LogP contribution is -2.52. The van der Waals surface area contributed by atoms with Crippen LogP contribution in [-0.4, -0.2) is 46.0 Å². The highest BCUT2D eigenvalue weighted by atomic mass is 16.5. The topological polar surface area (TPSA) is 98.7 Å². The number of hydrogen-bond donors (Lipinski definition) is 3. The first kappa shape index (κ1) is 20.4. The summed E-state index contributed by atoms with van der Waals surface area (Å²) in [6.07, 6.45) is 3.67. The molecule has 0 saturated carbocycles. The van der Waals surface area contributed by atoms with Crippen molar-refractivity contribution in [2.75, 3.05) is 6.54 Å². The molecule has 0 radical (unpaired) electrons. The van der Waals surface area contributed by atoms with Crippen LogP contribution in [0.3, 0.4) is 0 Å². The van der Waals surface area contributed by atoms with E-state index in [1.807, 2.05) is 27.7 Å². The van der Waals surface area contributed by atoms with Crippen molar-refractivity contribution in [1.29, 1.82) is 0 Å². The Kier molecular flexibility index (Phi) is 7.66. The Morgan fingerprint density at radius 2 is 1.96 bits per heavy atom. The zero-order valence-electron chi connectivity index (χ0n) is 15.2. The van der Waals surface area contributed by atoms with Gasteiger partial charge in [-0.15, -0.1) is 0 Å². The lowest BCUT2D eigenvalue weighted by atomic mass is 9.96. The van der Waals surface area contributed by atoms with Crippen LogP contribution in [0, 0.1) is 5.92 Å². The molecule has 24 heavy (non-hydrogen) atoms. The van der Waals surface area contributed by atoms with E-state index in [9.17, 15) is 14.4 Å². The molecule has 1 aliphatic heterocycles. The van der Waals surface area contributed by atoms with Crippen molar-refractivity contribution in [3.8, 4) is 0 Å². The molecular formula is C17H31N3O4. The first-order chi connectivity index (χ1) is 11.2. The lowest BCUT2D eigenvalue weighted by molar-refractivity contribution is -0.144. The third-order valence-corrected chi connectivity index (χ3v) is 4.15. The van der Waals surface area contributed by atoms with Gasteiger partial charge in [0.25, 0.3) is 0 Å². The second-order valence-corrected chi connectivity index (χ2v) is 7.51. The van der Waals surface area contributed by atoms with Crippen LogP contribution in [0.1, 0.15) is 66.2 Å². The first-order valence-electron chi connectivity index (χ1n) is 8.75. The fourth-order valence-electron chi connectivity index (χ4n) is 3.02. The van der Waals surface area contributed by atoms with Gasteiger partial charge in [-0.25, -0.2) is 5.48 Å². The van der Waals surface area contributed by atoms with Crippen LogP contribution in [0.2, 0.25) is 0 Å². The zero-order valence-corrected chi connectivity index (χ0v) is 15.2. The summed E-state index contributed by atoms with van der Waals surface area (Å²) in [7, 11) is 0. The number of carbonyl (C=O) groups excluding carboxylic acids is 3. The summed E-state index contributed by atoms with van der Waals surface area (Å²) in [4.78, 5) is 38.4. The van der Waals surface area contributed by atoms with Crippen LogP contribution in [0.4, 0.5) is 0 Å². The average Bonchev–Trinajstić information content (AvgIpc) is 2.98. The Balaban J connectivity index is 2.82. The minimum atomic E-state index is -0.570. The number of rotatable bonds is 7. The summed E-state index contributed by atoms with van der Waals surface area (Å²) in [5.74, 6) is -1.38. The van der Waals surface area contributed by atoms with Gasteiger partial charge in [-0.3, -0.25) is 19.6 Å². The number of carbonyl (C=O) groups is 3. The Morgan fingerprint density at radius 3 is 2.50 bits per heavy atom. The van der Waals surface area contributed by atoms with Gasteiger partial charge in [0.15, 0.2) is 0 Å². The summed E-state index contributed by atoms with van der Waals surface area (Å²) < 4.78 is 0. The summed E-state index contributed by atoms with van der Waals surface area (Å²) in [6, 6.07) is -0.474. The summed E-state index contributed by atoms with van der Waals surface area (Å²) in [5.41, 5.74) is 1.24. The Morgan fingerprint density at radius 1 is 1.29 bits per heavy atom. The third-order valence-electron chi connectivity index (χ3n) is 4.15. The van der Waals surface area contributed by atoms with E-state index < -0.39 is 17.9 Å². The van der Waals surface area contributed by atoms with Gasteiger partial charge in [0.2, 0.25) is 17.7 Å². The lowest BCUT2D eigenvalue weighted by Gasteiger charge is -2.30. The number of likely N-dealkylation sites (tertiary alicyclic amines) is 1. The molecule has 7 nitrogen and oxygen atoms in total. The predicted molar refractivity (Wildman–Crippen MR) is 90.2 cm³/mol. The van der Waals surface area contributed by atoms with E-state index in [2.05, 4.69) is 5.32 Å². The van der Waals surface area contributed by atoms with Crippen LogP contribution >= 0.6 is 0 Å². The van der Waals surface area contributed by atoms with E-state index in [0.29, 0.717) is 19.4 Å². The molecule has 0 aromatic rings. The highest BCUT2D eigenvalue weighted by Gasteiger charge is 2.38. The maximum atomic E-state index is 12.9. The number of unbranched alkanes of at least 4 members (excludes halogenated alkanes) is 1. The van der Waals surface area contributed by atoms with Crippen molar-refractivity contribution in [2.45, 2.75) is 77.8 Å². The van der Waals surface area contributed by atoms with Crippen molar-refractivity contribution in [2.24, 2.45) is 5.92 Å². The number of nitrogens with one attached hydrogen (secondary N) is 2. The molecule has 1 saturated heterocycles. The Bertz CT molecular complexity index is 459. The average molecular weight is 341 g/mol. The monoisotopic (exact) mass is 341 g/mol. The highest BCUT2D eigenvalue weighted by molar-refractivity contribution is 5.91. The smallest absolute Gasteiger partial charge is 0.244 e. The minimum absolute atomic E-state index is 0.0561. The van der Waals surface area contributed by atoms with E-state index >= 15 is 0 Å². The molecule has 0 bridgehead atoms. The van der Waals surface area contributed by atoms with Gasteiger partial charge < -0.3 is 10.2 Å². The molecule has 1 rings (SSSR count). The van der Waals surface area contributed by atoms with Crippen molar-refractivity contribution >= 4 is 17.7 Å². The van der Waals surface area contributed by atoms with E-state index in [1.165, 1.54) is 0 Å². The van der Waals surface area contributed by atoms with Crippen molar-refractivity contribution in [3.63, 3.8) is 0 Å². The molecule has 3 amide bonds. The Labute approximate surface area is 144 Å². The second kappa shape index (κ2) is 9.01. The summed E-state index contributed by atoms with van der Waals surface area (Å²) in [6.45, 7) is 8.26. The number of hydroxylamine groups is 1. The normalized spacial score (nSPS) is 19.0. The van der Waals surface area contributed by atoms with Crippen LogP contribution in [0.5, 0.6) is 0 Å². The van der Waals surface area contributed by atoms with Crippen molar-refractivity contribution in [1.82, 2.24) is 15.7 Å². The maximum Gasteiger partial charge on any atom is 0.244 e. The molecule has 0 aromatic heterocycles. The van der Waals surface area contributed by atoms with Gasteiger partial charge in [-0.2, -0.15) is 0 Å². The zero-order chi connectivity index (χ0) is 18.3. The SMILES string of the molecule is CCCC[C@H](CC(=O)NO)C(=O)N1CCC[C@H]1C(=O)NC(C)(C)C. The Hall–Kier alpha value is -1.63. The molecule has 0 spiro atoms. The van der Waals surface area contributed by atoms with Crippen LogP contribution in [-0.2, 0) is 14.4 Å². The van der Waals surface area contributed by atoms with E-state index in [-0.39, 0.29) is 23.8 Å². The quantitative estimate of drug-likeness (QED) is 0.484. The molecular weight excluding hydrogens is 310 g/mol. The number of amides is 3. The van der Waals surface area contributed by atoms with Gasteiger partial charge in [0.05, 0.1) is 0 Å². The second-order valence-electron chi connectivity index (χ2n) is 7.51. The molecule has 0 unspecified atom stereocenters. The number of nitrogens with zero attached hydrogens (tertiary/aromatic N) is 1. The molecule has 1 fully saturated rings.